The number of hydrogen-bond acceptors (Lipinski definition) is 3. The van der Waals surface area contributed by atoms with Crippen molar-refractivity contribution < 1.29 is 4.74 Å². The van der Waals surface area contributed by atoms with E-state index in [4.69, 9.17) is 4.74 Å². The lowest BCUT2D eigenvalue weighted by atomic mass is 10.0. The monoisotopic (exact) mass is 216 g/mol. The zero-order chi connectivity index (χ0) is 11.4. The van der Waals surface area contributed by atoms with E-state index in [-0.39, 0.29) is 6.04 Å². The molecule has 1 aromatic heterocycles. The van der Waals surface area contributed by atoms with Crippen molar-refractivity contribution in [3.05, 3.63) is 42.1 Å². The number of aromatic nitrogens is 1. The van der Waals surface area contributed by atoms with Crippen LogP contribution in [-0.2, 0) is 4.74 Å². The molecule has 1 aromatic carbocycles. The summed E-state index contributed by atoms with van der Waals surface area (Å²) in [4.78, 5) is 4.44. The summed E-state index contributed by atoms with van der Waals surface area (Å²) in [6.07, 6.45) is 1.82. The first-order chi connectivity index (χ1) is 7.86. The van der Waals surface area contributed by atoms with Gasteiger partial charge in [0.25, 0.3) is 0 Å². The lowest BCUT2D eigenvalue weighted by Gasteiger charge is -2.16. The SMILES string of the molecule is CNC(COC)c1cccc2cccnc12. The molecule has 0 bridgehead atoms. The molecule has 2 aromatic rings. The van der Waals surface area contributed by atoms with Crippen LogP contribution in [0.2, 0.25) is 0 Å². The van der Waals surface area contributed by atoms with Gasteiger partial charge in [0.2, 0.25) is 0 Å². The quantitative estimate of drug-likeness (QED) is 0.850. The van der Waals surface area contributed by atoms with E-state index in [1.807, 2.05) is 19.3 Å². The van der Waals surface area contributed by atoms with E-state index < -0.39 is 0 Å². The van der Waals surface area contributed by atoms with E-state index in [0.29, 0.717) is 6.61 Å². The minimum absolute atomic E-state index is 0.184. The summed E-state index contributed by atoms with van der Waals surface area (Å²) < 4.78 is 5.21. The number of para-hydroxylation sites is 1. The summed E-state index contributed by atoms with van der Waals surface area (Å²) in [6, 6.07) is 10.4. The van der Waals surface area contributed by atoms with Crippen LogP contribution >= 0.6 is 0 Å². The number of nitrogens with zero attached hydrogens (tertiary/aromatic N) is 1. The van der Waals surface area contributed by atoms with E-state index in [2.05, 4.69) is 34.6 Å². The lowest BCUT2D eigenvalue weighted by molar-refractivity contribution is 0.171. The summed E-state index contributed by atoms with van der Waals surface area (Å²) in [5, 5.41) is 4.41. The standard InChI is InChI=1S/C13H16N2O/c1-14-12(9-16-2)11-7-3-5-10-6-4-8-15-13(10)11/h3-8,12,14H,9H2,1-2H3. The van der Waals surface area contributed by atoms with Crippen LogP contribution in [0.3, 0.4) is 0 Å². The molecular weight excluding hydrogens is 200 g/mol. The van der Waals surface area contributed by atoms with Crippen molar-refractivity contribution in [1.29, 1.82) is 0 Å². The van der Waals surface area contributed by atoms with Crippen LogP contribution in [0.25, 0.3) is 10.9 Å². The lowest BCUT2D eigenvalue weighted by Crippen LogP contribution is -2.21. The number of benzene rings is 1. The van der Waals surface area contributed by atoms with Gasteiger partial charge >= 0.3 is 0 Å². The largest absolute Gasteiger partial charge is 0.383 e. The number of methoxy groups -OCH3 is 1. The number of likely N-dealkylation sites (N-methyl/N-ethyl adjacent to an activating group) is 1. The first-order valence-electron chi connectivity index (χ1n) is 5.36. The van der Waals surface area contributed by atoms with Crippen LogP contribution in [0.15, 0.2) is 36.5 Å². The van der Waals surface area contributed by atoms with Crippen molar-refractivity contribution in [2.45, 2.75) is 6.04 Å². The highest BCUT2D eigenvalue weighted by molar-refractivity contribution is 5.82. The highest BCUT2D eigenvalue weighted by atomic mass is 16.5. The molecular formula is C13H16N2O. The second kappa shape index (κ2) is 5.05. The maximum absolute atomic E-state index is 5.21. The summed E-state index contributed by atoms with van der Waals surface area (Å²) in [7, 11) is 3.65. The minimum atomic E-state index is 0.184. The normalized spacial score (nSPS) is 12.9. The molecule has 1 atom stereocenters. The molecule has 1 unspecified atom stereocenters. The third-order valence-corrected chi connectivity index (χ3v) is 2.72. The molecule has 3 heteroatoms. The number of pyridine rings is 1. The zero-order valence-electron chi connectivity index (χ0n) is 9.60. The van der Waals surface area contributed by atoms with Crippen molar-refractivity contribution in [2.24, 2.45) is 0 Å². The number of ether oxygens (including phenoxy) is 1. The van der Waals surface area contributed by atoms with Gasteiger partial charge in [-0.05, 0) is 18.7 Å². The molecule has 3 nitrogen and oxygen atoms in total. The van der Waals surface area contributed by atoms with Gasteiger partial charge in [-0.3, -0.25) is 4.98 Å². The van der Waals surface area contributed by atoms with Crippen LogP contribution in [-0.4, -0.2) is 25.7 Å². The van der Waals surface area contributed by atoms with Gasteiger partial charge in [0.1, 0.15) is 0 Å². The van der Waals surface area contributed by atoms with Gasteiger partial charge in [-0.15, -0.1) is 0 Å². The Kier molecular flexibility index (Phi) is 3.49. The topological polar surface area (TPSA) is 34.1 Å². The molecule has 0 saturated carbocycles. The molecule has 1 heterocycles. The molecule has 0 aliphatic carbocycles. The van der Waals surface area contributed by atoms with Crippen LogP contribution in [0.1, 0.15) is 11.6 Å². The van der Waals surface area contributed by atoms with E-state index in [1.54, 1.807) is 7.11 Å². The van der Waals surface area contributed by atoms with Gasteiger partial charge in [-0.25, -0.2) is 0 Å². The van der Waals surface area contributed by atoms with Gasteiger partial charge in [0.05, 0.1) is 18.2 Å². The fraction of sp³-hybridized carbons (Fsp3) is 0.308. The number of rotatable bonds is 4. The predicted molar refractivity (Wildman–Crippen MR) is 65.4 cm³/mol. The first-order valence-corrected chi connectivity index (χ1v) is 5.36. The van der Waals surface area contributed by atoms with Crippen LogP contribution in [0, 0.1) is 0 Å². The molecule has 0 aliphatic heterocycles. The van der Waals surface area contributed by atoms with Gasteiger partial charge in [0.15, 0.2) is 0 Å². The minimum Gasteiger partial charge on any atom is -0.383 e. The molecule has 0 spiro atoms. The van der Waals surface area contributed by atoms with Gasteiger partial charge in [0, 0.05) is 18.7 Å². The Labute approximate surface area is 95.5 Å². The number of fused-ring (bicyclic) bond motifs is 1. The molecule has 16 heavy (non-hydrogen) atoms. The highest BCUT2D eigenvalue weighted by Crippen LogP contribution is 2.22. The van der Waals surface area contributed by atoms with Crippen molar-refractivity contribution >= 4 is 10.9 Å². The van der Waals surface area contributed by atoms with E-state index >= 15 is 0 Å². The first kappa shape index (κ1) is 11.0. The molecule has 84 valence electrons. The van der Waals surface area contributed by atoms with Gasteiger partial charge < -0.3 is 10.1 Å². The third kappa shape index (κ3) is 2.05. The number of nitrogens with one attached hydrogen (secondary N) is 1. The zero-order valence-corrected chi connectivity index (χ0v) is 9.60. The smallest absolute Gasteiger partial charge is 0.0750 e. The van der Waals surface area contributed by atoms with Crippen LogP contribution in [0.5, 0.6) is 0 Å². The highest BCUT2D eigenvalue weighted by Gasteiger charge is 2.12. The van der Waals surface area contributed by atoms with Crippen molar-refractivity contribution in [2.75, 3.05) is 20.8 Å². The summed E-state index contributed by atoms with van der Waals surface area (Å²) >= 11 is 0. The average Bonchev–Trinajstić information content (AvgIpc) is 2.35. The van der Waals surface area contributed by atoms with Crippen molar-refractivity contribution in [3.63, 3.8) is 0 Å². The fourth-order valence-electron chi connectivity index (χ4n) is 1.90. The van der Waals surface area contributed by atoms with E-state index in [0.717, 1.165) is 10.9 Å². The molecule has 2 rings (SSSR count). The molecule has 0 amide bonds. The molecule has 0 saturated heterocycles. The van der Waals surface area contributed by atoms with E-state index in [9.17, 15) is 0 Å². The summed E-state index contributed by atoms with van der Waals surface area (Å²) in [6.45, 7) is 0.645. The van der Waals surface area contributed by atoms with Crippen molar-refractivity contribution in [1.82, 2.24) is 10.3 Å². The Bertz CT molecular complexity index is 465. The maximum atomic E-state index is 5.21. The second-order valence-electron chi connectivity index (χ2n) is 3.72. The van der Waals surface area contributed by atoms with Crippen molar-refractivity contribution in [3.8, 4) is 0 Å². The molecule has 0 radical (unpaired) electrons. The molecule has 0 fully saturated rings. The van der Waals surface area contributed by atoms with Crippen LogP contribution in [0.4, 0.5) is 0 Å². The second-order valence-corrected chi connectivity index (χ2v) is 3.72. The Hall–Kier alpha value is -1.45. The maximum Gasteiger partial charge on any atom is 0.0750 e. The Morgan fingerprint density at radius 3 is 2.88 bits per heavy atom. The summed E-state index contributed by atoms with van der Waals surface area (Å²) in [5.74, 6) is 0. The molecule has 0 aliphatic rings. The van der Waals surface area contributed by atoms with Gasteiger partial charge in [-0.1, -0.05) is 24.3 Å². The Morgan fingerprint density at radius 2 is 2.12 bits per heavy atom. The number of hydrogen-bond donors (Lipinski definition) is 1. The van der Waals surface area contributed by atoms with Gasteiger partial charge in [-0.2, -0.15) is 0 Å². The average molecular weight is 216 g/mol. The fourth-order valence-corrected chi connectivity index (χ4v) is 1.90. The Morgan fingerprint density at radius 1 is 1.31 bits per heavy atom. The van der Waals surface area contributed by atoms with Crippen LogP contribution < -0.4 is 5.32 Å². The van der Waals surface area contributed by atoms with E-state index in [1.165, 1.54) is 5.56 Å². The third-order valence-electron chi connectivity index (χ3n) is 2.72. The molecule has 1 N–H and O–H groups in total. The summed E-state index contributed by atoms with van der Waals surface area (Å²) in [5.41, 5.74) is 2.23. The predicted octanol–water partition coefficient (Wildman–Crippen LogP) is 2.14. The Balaban J connectivity index is 2.50.